The van der Waals surface area contributed by atoms with Crippen LogP contribution in [0.1, 0.15) is 10.5 Å². The van der Waals surface area contributed by atoms with Crippen LogP contribution in [0.4, 0.5) is 0 Å². The number of aromatic carboxylic acids is 1. The van der Waals surface area contributed by atoms with Gasteiger partial charge in [-0.1, -0.05) is 5.92 Å². The highest BCUT2D eigenvalue weighted by Crippen LogP contribution is 1.95. The molecule has 18 heavy (non-hydrogen) atoms. The number of carbonyl (C=O) groups excluding carboxylic acids is 1. The number of rotatable bonds is 7. The first kappa shape index (κ1) is 13.7. The summed E-state index contributed by atoms with van der Waals surface area (Å²) in [6.07, 6.45) is 7.83. The third-order valence-electron chi connectivity index (χ3n) is 2.06. The smallest absolute Gasteiger partial charge is 0.356 e. The molecular formula is C11H14N4O3. The molecule has 0 spiro atoms. The van der Waals surface area contributed by atoms with E-state index in [1.807, 2.05) is 0 Å². The molecule has 7 heteroatoms. The van der Waals surface area contributed by atoms with Crippen molar-refractivity contribution in [3.63, 3.8) is 0 Å². The van der Waals surface area contributed by atoms with E-state index in [1.165, 1.54) is 12.5 Å². The molecule has 1 amide bonds. The molecule has 0 radical (unpaired) electrons. The highest BCUT2D eigenvalue weighted by molar-refractivity contribution is 5.84. The number of carboxylic acids is 1. The number of carbonyl (C=O) groups is 2. The lowest BCUT2D eigenvalue weighted by Gasteiger charge is -2.05. The summed E-state index contributed by atoms with van der Waals surface area (Å²) in [7, 11) is 0. The van der Waals surface area contributed by atoms with Crippen molar-refractivity contribution in [2.24, 2.45) is 0 Å². The normalized spacial score (nSPS) is 9.72. The lowest BCUT2D eigenvalue weighted by atomic mass is 10.5. The van der Waals surface area contributed by atoms with Gasteiger partial charge in [0.1, 0.15) is 0 Å². The zero-order valence-electron chi connectivity index (χ0n) is 9.72. The molecule has 0 atom stereocenters. The Morgan fingerprint density at radius 1 is 1.56 bits per heavy atom. The predicted molar refractivity (Wildman–Crippen MR) is 63.9 cm³/mol. The van der Waals surface area contributed by atoms with E-state index in [2.05, 4.69) is 21.5 Å². The molecule has 1 aromatic heterocycles. The zero-order valence-corrected chi connectivity index (χ0v) is 9.72. The fourth-order valence-electron chi connectivity index (χ4n) is 1.23. The number of amides is 1. The van der Waals surface area contributed by atoms with Crippen molar-refractivity contribution in [3.05, 3.63) is 18.2 Å². The van der Waals surface area contributed by atoms with Crippen LogP contribution in [0.15, 0.2) is 12.5 Å². The third kappa shape index (κ3) is 4.67. The lowest BCUT2D eigenvalue weighted by molar-refractivity contribution is -0.120. The topological polar surface area (TPSA) is 96.3 Å². The zero-order chi connectivity index (χ0) is 13.4. The summed E-state index contributed by atoms with van der Waals surface area (Å²) >= 11 is 0. The first-order valence-electron chi connectivity index (χ1n) is 5.29. The summed E-state index contributed by atoms with van der Waals surface area (Å²) < 4.78 is 1.60. The Morgan fingerprint density at radius 3 is 2.94 bits per heavy atom. The molecule has 0 saturated carbocycles. The SMILES string of the molecule is C#CCNCC(=O)NCCn1cnc(C(=O)O)c1. The molecule has 0 aromatic carbocycles. The Kier molecular flexibility index (Phi) is 5.41. The van der Waals surface area contributed by atoms with Gasteiger partial charge >= 0.3 is 5.97 Å². The third-order valence-corrected chi connectivity index (χ3v) is 2.06. The molecule has 0 unspecified atom stereocenters. The second kappa shape index (κ2) is 7.09. The number of hydrogen-bond donors (Lipinski definition) is 3. The minimum absolute atomic E-state index is 0.0167. The summed E-state index contributed by atoms with van der Waals surface area (Å²) in [5.74, 6) is 1.12. The van der Waals surface area contributed by atoms with E-state index in [1.54, 1.807) is 4.57 Å². The molecule has 1 rings (SSSR count). The maximum absolute atomic E-state index is 11.3. The first-order chi connectivity index (χ1) is 8.63. The summed E-state index contributed by atoms with van der Waals surface area (Å²) in [4.78, 5) is 25.5. The van der Waals surface area contributed by atoms with Gasteiger partial charge in [0.2, 0.25) is 5.91 Å². The standard InChI is InChI=1S/C11H14N4O3/c1-2-3-12-6-10(16)13-4-5-15-7-9(11(17)18)14-8-15/h1,7-8,12H,3-6H2,(H,13,16)(H,17,18). The molecule has 0 bridgehead atoms. The minimum Gasteiger partial charge on any atom is -0.476 e. The monoisotopic (exact) mass is 250 g/mol. The van der Waals surface area contributed by atoms with Crippen molar-refractivity contribution < 1.29 is 14.7 Å². The van der Waals surface area contributed by atoms with Gasteiger partial charge in [-0.15, -0.1) is 6.42 Å². The van der Waals surface area contributed by atoms with Gasteiger partial charge in [0.15, 0.2) is 5.69 Å². The molecule has 7 nitrogen and oxygen atoms in total. The average Bonchev–Trinajstić information content (AvgIpc) is 2.78. The number of hydrogen-bond acceptors (Lipinski definition) is 4. The first-order valence-corrected chi connectivity index (χ1v) is 5.29. The van der Waals surface area contributed by atoms with Crippen molar-refractivity contribution in [2.45, 2.75) is 6.54 Å². The maximum atomic E-state index is 11.3. The Balaban J connectivity index is 2.22. The minimum atomic E-state index is -1.07. The van der Waals surface area contributed by atoms with Crippen LogP contribution in [0, 0.1) is 12.3 Å². The van der Waals surface area contributed by atoms with Crippen LogP contribution in [0.3, 0.4) is 0 Å². The van der Waals surface area contributed by atoms with Crippen molar-refractivity contribution in [1.82, 2.24) is 20.2 Å². The summed E-state index contributed by atoms with van der Waals surface area (Å²) in [6.45, 7) is 1.36. The Labute approximate surface area is 104 Å². The van der Waals surface area contributed by atoms with Gasteiger partial charge in [-0.05, 0) is 0 Å². The van der Waals surface area contributed by atoms with E-state index in [0.717, 1.165) is 0 Å². The van der Waals surface area contributed by atoms with Crippen LogP contribution in [0.5, 0.6) is 0 Å². The number of carboxylic acid groups (broad SMARTS) is 1. The highest BCUT2D eigenvalue weighted by Gasteiger charge is 2.06. The quantitative estimate of drug-likeness (QED) is 0.422. The van der Waals surface area contributed by atoms with Crippen molar-refractivity contribution >= 4 is 11.9 Å². The number of terminal acetylenes is 1. The van der Waals surface area contributed by atoms with Gasteiger partial charge in [-0.3, -0.25) is 10.1 Å². The van der Waals surface area contributed by atoms with Gasteiger partial charge in [0.25, 0.3) is 0 Å². The maximum Gasteiger partial charge on any atom is 0.356 e. The van der Waals surface area contributed by atoms with E-state index in [9.17, 15) is 9.59 Å². The lowest BCUT2D eigenvalue weighted by Crippen LogP contribution is -2.35. The molecule has 0 fully saturated rings. The highest BCUT2D eigenvalue weighted by atomic mass is 16.4. The number of imidazole rings is 1. The Bertz CT molecular complexity index is 461. The van der Waals surface area contributed by atoms with Crippen LogP contribution in [-0.2, 0) is 11.3 Å². The second-order valence-electron chi connectivity index (χ2n) is 3.46. The fourth-order valence-corrected chi connectivity index (χ4v) is 1.23. The van der Waals surface area contributed by atoms with Crippen LogP contribution >= 0.6 is 0 Å². The second-order valence-corrected chi connectivity index (χ2v) is 3.46. The average molecular weight is 250 g/mol. The van der Waals surface area contributed by atoms with E-state index in [-0.39, 0.29) is 18.1 Å². The molecule has 3 N–H and O–H groups in total. The van der Waals surface area contributed by atoms with Crippen LogP contribution in [0.2, 0.25) is 0 Å². The summed E-state index contributed by atoms with van der Waals surface area (Å²) in [5.41, 5.74) is -0.0167. The van der Waals surface area contributed by atoms with Gasteiger partial charge in [-0.25, -0.2) is 9.78 Å². The summed E-state index contributed by atoms with van der Waals surface area (Å²) in [6, 6.07) is 0. The Hall–Kier alpha value is -2.33. The number of aromatic nitrogens is 2. The van der Waals surface area contributed by atoms with Crippen molar-refractivity contribution in [1.29, 1.82) is 0 Å². The number of nitrogens with one attached hydrogen (secondary N) is 2. The fraction of sp³-hybridized carbons (Fsp3) is 0.364. The van der Waals surface area contributed by atoms with Gasteiger partial charge < -0.3 is 15.0 Å². The predicted octanol–water partition coefficient (Wildman–Crippen LogP) is -1.08. The molecule has 1 aromatic rings. The van der Waals surface area contributed by atoms with E-state index in [4.69, 9.17) is 11.5 Å². The van der Waals surface area contributed by atoms with E-state index in [0.29, 0.717) is 19.6 Å². The van der Waals surface area contributed by atoms with Gasteiger partial charge in [-0.2, -0.15) is 0 Å². The van der Waals surface area contributed by atoms with Crippen LogP contribution in [-0.4, -0.2) is 46.2 Å². The summed E-state index contributed by atoms with van der Waals surface area (Å²) in [5, 5.41) is 14.1. The van der Waals surface area contributed by atoms with Crippen molar-refractivity contribution in [2.75, 3.05) is 19.6 Å². The molecule has 0 aliphatic rings. The Morgan fingerprint density at radius 2 is 2.33 bits per heavy atom. The largest absolute Gasteiger partial charge is 0.476 e. The van der Waals surface area contributed by atoms with Crippen LogP contribution < -0.4 is 10.6 Å². The van der Waals surface area contributed by atoms with Crippen LogP contribution in [0.25, 0.3) is 0 Å². The molecule has 96 valence electrons. The molecular weight excluding hydrogens is 236 g/mol. The molecule has 1 heterocycles. The molecule has 0 aliphatic carbocycles. The van der Waals surface area contributed by atoms with Gasteiger partial charge in [0.05, 0.1) is 19.4 Å². The molecule has 0 saturated heterocycles. The van der Waals surface area contributed by atoms with E-state index >= 15 is 0 Å². The molecule has 0 aliphatic heterocycles. The van der Waals surface area contributed by atoms with Crippen molar-refractivity contribution in [3.8, 4) is 12.3 Å². The van der Waals surface area contributed by atoms with Gasteiger partial charge in [0, 0.05) is 19.3 Å². The number of nitrogens with zero attached hydrogens (tertiary/aromatic N) is 2. The van der Waals surface area contributed by atoms with E-state index < -0.39 is 5.97 Å².